The quantitative estimate of drug-likeness (QED) is 0.807. The molecule has 0 spiro atoms. The number of amides is 1. The maximum absolute atomic E-state index is 12.9. The van der Waals surface area contributed by atoms with E-state index >= 15 is 0 Å². The molecular formula is C19H22F3N3O2. The van der Waals surface area contributed by atoms with Crippen LogP contribution in [0.3, 0.4) is 0 Å². The van der Waals surface area contributed by atoms with Gasteiger partial charge in [0.1, 0.15) is 11.3 Å². The van der Waals surface area contributed by atoms with Crippen LogP contribution in [0.1, 0.15) is 50.7 Å². The van der Waals surface area contributed by atoms with Crippen molar-refractivity contribution in [3.05, 3.63) is 47.5 Å². The number of aromatic nitrogens is 2. The van der Waals surface area contributed by atoms with Crippen molar-refractivity contribution in [2.45, 2.75) is 52.4 Å². The molecule has 2 heterocycles. The zero-order valence-corrected chi connectivity index (χ0v) is 15.8. The minimum absolute atomic E-state index is 0.377. The average Bonchev–Trinajstić information content (AvgIpc) is 2.52. The van der Waals surface area contributed by atoms with Crippen molar-refractivity contribution in [1.82, 2.24) is 15.3 Å². The summed E-state index contributed by atoms with van der Waals surface area (Å²) in [7, 11) is 0. The Labute approximate surface area is 156 Å². The molecule has 0 aliphatic heterocycles. The van der Waals surface area contributed by atoms with Gasteiger partial charge in [0.05, 0.1) is 11.7 Å². The van der Waals surface area contributed by atoms with E-state index in [2.05, 4.69) is 15.3 Å². The number of alkyl halides is 3. The van der Waals surface area contributed by atoms with Gasteiger partial charge in [0.2, 0.25) is 0 Å². The number of pyridine rings is 2. The van der Waals surface area contributed by atoms with Gasteiger partial charge in [0, 0.05) is 18.0 Å². The molecule has 0 bridgehead atoms. The molecular weight excluding hydrogens is 359 g/mol. The van der Waals surface area contributed by atoms with Gasteiger partial charge in [0.25, 0.3) is 0 Å². The molecule has 1 atom stereocenters. The highest BCUT2D eigenvalue weighted by Crippen LogP contribution is 2.31. The van der Waals surface area contributed by atoms with Crippen molar-refractivity contribution in [2.75, 3.05) is 0 Å². The highest BCUT2D eigenvalue weighted by atomic mass is 19.4. The lowest BCUT2D eigenvalue weighted by molar-refractivity contribution is -0.141. The Hall–Kier alpha value is -2.64. The third-order valence-corrected chi connectivity index (χ3v) is 3.67. The summed E-state index contributed by atoms with van der Waals surface area (Å²) >= 11 is 0. The second kappa shape index (κ2) is 7.54. The fourth-order valence-corrected chi connectivity index (χ4v) is 2.43. The number of hydrogen-bond donors (Lipinski definition) is 1. The smallest absolute Gasteiger partial charge is 0.433 e. The highest BCUT2D eigenvalue weighted by Gasteiger charge is 2.32. The summed E-state index contributed by atoms with van der Waals surface area (Å²) in [5, 5.41) is 2.69. The SMILES string of the molecule is Cc1cc([C@H](C)NC(=O)OC(C)(C)C)ncc1-c1ccnc(C(F)(F)F)c1. The van der Waals surface area contributed by atoms with Crippen LogP contribution in [0.5, 0.6) is 0 Å². The normalized spacial score (nSPS) is 13.2. The Balaban J connectivity index is 2.22. The molecule has 0 aliphatic carbocycles. The summed E-state index contributed by atoms with van der Waals surface area (Å²) in [4.78, 5) is 19.5. The molecule has 0 aromatic carbocycles. The van der Waals surface area contributed by atoms with Crippen LogP contribution in [0.2, 0.25) is 0 Å². The summed E-state index contributed by atoms with van der Waals surface area (Å²) in [6.45, 7) is 8.81. The Morgan fingerprint density at radius 2 is 1.85 bits per heavy atom. The number of nitrogens with zero attached hydrogens (tertiary/aromatic N) is 2. The first-order valence-corrected chi connectivity index (χ1v) is 8.36. The van der Waals surface area contributed by atoms with Gasteiger partial charge in [-0.1, -0.05) is 0 Å². The predicted octanol–water partition coefficient (Wildman–Crippen LogP) is 5.06. The zero-order chi connectivity index (χ0) is 20.4. The molecule has 0 aliphatic rings. The van der Waals surface area contributed by atoms with E-state index in [9.17, 15) is 18.0 Å². The lowest BCUT2D eigenvalue weighted by Gasteiger charge is -2.22. The van der Waals surface area contributed by atoms with E-state index in [0.29, 0.717) is 16.8 Å². The monoisotopic (exact) mass is 381 g/mol. The van der Waals surface area contributed by atoms with E-state index in [-0.39, 0.29) is 0 Å². The fraction of sp³-hybridized carbons (Fsp3) is 0.421. The number of rotatable bonds is 3. The Morgan fingerprint density at radius 1 is 1.19 bits per heavy atom. The second-order valence-corrected chi connectivity index (χ2v) is 7.22. The Kier molecular flexibility index (Phi) is 5.77. The van der Waals surface area contributed by atoms with E-state index in [1.54, 1.807) is 40.7 Å². The van der Waals surface area contributed by atoms with Crippen molar-refractivity contribution in [1.29, 1.82) is 0 Å². The van der Waals surface area contributed by atoms with Gasteiger partial charge in [-0.25, -0.2) is 4.79 Å². The highest BCUT2D eigenvalue weighted by molar-refractivity contribution is 5.69. The van der Waals surface area contributed by atoms with Crippen LogP contribution in [-0.2, 0) is 10.9 Å². The van der Waals surface area contributed by atoms with Gasteiger partial charge >= 0.3 is 12.3 Å². The number of aryl methyl sites for hydroxylation is 1. The van der Waals surface area contributed by atoms with E-state index in [0.717, 1.165) is 17.8 Å². The van der Waals surface area contributed by atoms with Gasteiger partial charge in [-0.15, -0.1) is 0 Å². The average molecular weight is 381 g/mol. The van der Waals surface area contributed by atoms with Crippen molar-refractivity contribution in [2.24, 2.45) is 0 Å². The lowest BCUT2D eigenvalue weighted by atomic mass is 10.0. The summed E-state index contributed by atoms with van der Waals surface area (Å²) in [5.41, 5.74) is 0.680. The molecule has 2 aromatic heterocycles. The summed E-state index contributed by atoms with van der Waals surface area (Å²) in [6, 6.07) is 3.80. The lowest BCUT2D eigenvalue weighted by Crippen LogP contribution is -2.34. The summed E-state index contributed by atoms with van der Waals surface area (Å²) < 4.78 is 43.8. The topological polar surface area (TPSA) is 64.1 Å². The third kappa shape index (κ3) is 5.67. The number of nitrogens with one attached hydrogen (secondary N) is 1. The van der Waals surface area contributed by atoms with Crippen molar-refractivity contribution in [3.63, 3.8) is 0 Å². The molecule has 0 saturated carbocycles. The number of halogens is 3. The standard InChI is InChI=1S/C19H22F3N3O2/c1-11-8-15(12(2)25-17(26)27-18(3,4)5)24-10-14(11)13-6-7-23-16(9-13)19(20,21)22/h6-10,12H,1-5H3,(H,25,26)/t12-/m0/s1. The number of alkyl carbamates (subject to hydrolysis) is 1. The number of carbonyl (C=O) groups is 1. The second-order valence-electron chi connectivity index (χ2n) is 7.22. The molecule has 2 rings (SSSR count). The summed E-state index contributed by atoms with van der Waals surface area (Å²) in [6.07, 6.45) is -2.46. The molecule has 5 nitrogen and oxygen atoms in total. The number of hydrogen-bond acceptors (Lipinski definition) is 4. The van der Waals surface area contributed by atoms with Crippen LogP contribution in [0.4, 0.5) is 18.0 Å². The minimum atomic E-state index is -4.51. The van der Waals surface area contributed by atoms with Gasteiger partial charge in [-0.3, -0.25) is 9.97 Å². The van der Waals surface area contributed by atoms with Gasteiger partial charge in [0.15, 0.2) is 0 Å². The van der Waals surface area contributed by atoms with Crippen LogP contribution in [-0.4, -0.2) is 21.7 Å². The van der Waals surface area contributed by atoms with Crippen LogP contribution in [0.25, 0.3) is 11.1 Å². The third-order valence-electron chi connectivity index (χ3n) is 3.67. The largest absolute Gasteiger partial charge is 0.444 e. The fourth-order valence-electron chi connectivity index (χ4n) is 2.43. The first kappa shape index (κ1) is 20.7. The van der Waals surface area contributed by atoms with Crippen molar-refractivity contribution >= 4 is 6.09 Å². The first-order chi connectivity index (χ1) is 12.4. The van der Waals surface area contributed by atoms with Gasteiger partial charge in [-0.05, 0) is 63.9 Å². The van der Waals surface area contributed by atoms with Crippen LogP contribution in [0.15, 0.2) is 30.6 Å². The molecule has 8 heteroatoms. The number of carbonyl (C=O) groups excluding carboxylic acids is 1. The molecule has 2 aromatic rings. The molecule has 0 radical (unpaired) electrons. The molecule has 1 amide bonds. The number of ether oxygens (including phenoxy) is 1. The Morgan fingerprint density at radius 3 is 2.41 bits per heavy atom. The van der Waals surface area contributed by atoms with E-state index in [1.165, 1.54) is 12.3 Å². The van der Waals surface area contributed by atoms with Crippen LogP contribution >= 0.6 is 0 Å². The van der Waals surface area contributed by atoms with Crippen LogP contribution in [0, 0.1) is 6.92 Å². The maximum atomic E-state index is 12.9. The summed E-state index contributed by atoms with van der Waals surface area (Å²) in [5.74, 6) is 0. The predicted molar refractivity (Wildman–Crippen MR) is 95.0 cm³/mol. The molecule has 0 saturated heterocycles. The van der Waals surface area contributed by atoms with E-state index in [1.807, 2.05) is 0 Å². The molecule has 27 heavy (non-hydrogen) atoms. The first-order valence-electron chi connectivity index (χ1n) is 8.36. The van der Waals surface area contributed by atoms with E-state index in [4.69, 9.17) is 4.74 Å². The van der Waals surface area contributed by atoms with Crippen molar-refractivity contribution < 1.29 is 22.7 Å². The molecule has 146 valence electrons. The van der Waals surface area contributed by atoms with Crippen molar-refractivity contribution in [3.8, 4) is 11.1 Å². The zero-order valence-electron chi connectivity index (χ0n) is 15.8. The van der Waals surface area contributed by atoms with E-state index < -0.39 is 29.6 Å². The molecule has 1 N–H and O–H groups in total. The molecule has 0 unspecified atom stereocenters. The molecule has 0 fully saturated rings. The van der Waals surface area contributed by atoms with Crippen LogP contribution < -0.4 is 5.32 Å². The van der Waals surface area contributed by atoms with Gasteiger partial charge < -0.3 is 10.1 Å². The Bertz CT molecular complexity index is 830. The maximum Gasteiger partial charge on any atom is 0.433 e. The minimum Gasteiger partial charge on any atom is -0.444 e. The van der Waals surface area contributed by atoms with Gasteiger partial charge in [-0.2, -0.15) is 13.2 Å².